The molecule has 0 saturated heterocycles. The zero-order valence-electron chi connectivity index (χ0n) is 12.9. The van der Waals surface area contributed by atoms with E-state index in [1.54, 1.807) is 0 Å². The molecule has 0 heterocycles. The molecule has 3 aromatic carbocycles. The molecule has 0 aliphatic rings. The maximum absolute atomic E-state index is 5.45. The van der Waals surface area contributed by atoms with Gasteiger partial charge in [0.15, 0.2) is 0 Å². The van der Waals surface area contributed by atoms with Crippen molar-refractivity contribution in [2.75, 3.05) is 10.6 Å². The van der Waals surface area contributed by atoms with Crippen molar-refractivity contribution in [2.45, 2.75) is 0 Å². The van der Waals surface area contributed by atoms with Crippen LogP contribution in [0.3, 0.4) is 0 Å². The van der Waals surface area contributed by atoms with Gasteiger partial charge in [-0.25, -0.2) is 0 Å². The second kappa shape index (κ2) is 7.81. The summed E-state index contributed by atoms with van der Waals surface area (Å²) in [7, 11) is 0. The molecule has 0 aromatic heterocycles. The smallest absolute Gasteiger partial charge is 0.110 e. The highest BCUT2D eigenvalue weighted by Crippen LogP contribution is 2.17. The number of thiocarbonyl (C=S) groups is 2. The van der Waals surface area contributed by atoms with E-state index in [9.17, 15) is 0 Å². The quantitative estimate of drug-likeness (QED) is 0.628. The molecular weight excluding hydrogens is 332 g/mol. The van der Waals surface area contributed by atoms with E-state index in [0.29, 0.717) is 9.98 Å². The zero-order chi connectivity index (χ0) is 16.8. The van der Waals surface area contributed by atoms with Gasteiger partial charge >= 0.3 is 0 Å². The van der Waals surface area contributed by atoms with Crippen LogP contribution in [0.25, 0.3) is 0 Å². The van der Waals surface area contributed by atoms with Gasteiger partial charge in [-0.2, -0.15) is 0 Å². The van der Waals surface area contributed by atoms with E-state index < -0.39 is 0 Å². The van der Waals surface area contributed by atoms with Crippen molar-refractivity contribution in [3.63, 3.8) is 0 Å². The molecule has 0 unspecified atom stereocenters. The Morgan fingerprint density at radius 3 is 1.38 bits per heavy atom. The van der Waals surface area contributed by atoms with Crippen LogP contribution in [0.5, 0.6) is 0 Å². The number of anilines is 2. The summed E-state index contributed by atoms with van der Waals surface area (Å²) in [6, 6.07) is 27.7. The first-order valence-corrected chi connectivity index (χ1v) is 8.37. The number of hydrogen-bond donors (Lipinski definition) is 2. The average molecular weight is 348 g/mol. The van der Waals surface area contributed by atoms with Crippen LogP contribution in [-0.2, 0) is 0 Å². The van der Waals surface area contributed by atoms with E-state index >= 15 is 0 Å². The molecule has 4 heteroatoms. The fraction of sp³-hybridized carbons (Fsp3) is 0. The van der Waals surface area contributed by atoms with Crippen LogP contribution in [0.2, 0.25) is 0 Å². The minimum Gasteiger partial charge on any atom is -0.346 e. The lowest BCUT2D eigenvalue weighted by Gasteiger charge is -2.12. The highest BCUT2D eigenvalue weighted by Gasteiger charge is 2.04. The first-order chi connectivity index (χ1) is 11.7. The molecule has 2 nitrogen and oxygen atoms in total. The zero-order valence-corrected chi connectivity index (χ0v) is 14.5. The monoisotopic (exact) mass is 348 g/mol. The van der Waals surface area contributed by atoms with Gasteiger partial charge in [-0.1, -0.05) is 91.2 Å². The van der Waals surface area contributed by atoms with Crippen molar-refractivity contribution in [1.29, 1.82) is 0 Å². The first kappa shape index (κ1) is 16.3. The maximum atomic E-state index is 5.45. The Morgan fingerprint density at radius 2 is 0.958 bits per heavy atom. The lowest BCUT2D eigenvalue weighted by atomic mass is 10.2. The normalized spacial score (nSPS) is 10.0. The minimum absolute atomic E-state index is 0.693. The van der Waals surface area contributed by atoms with Crippen LogP contribution in [0.15, 0.2) is 84.9 Å². The second-order valence-corrected chi connectivity index (χ2v) is 6.04. The molecule has 24 heavy (non-hydrogen) atoms. The van der Waals surface area contributed by atoms with Crippen molar-refractivity contribution in [1.82, 2.24) is 0 Å². The van der Waals surface area contributed by atoms with Crippen LogP contribution in [0, 0.1) is 0 Å². The Hall–Kier alpha value is -2.56. The highest BCUT2D eigenvalue weighted by molar-refractivity contribution is 7.81. The SMILES string of the molecule is S=C(Nc1cccc(NC(=S)c2ccccc2)c1)c1ccccc1. The molecule has 0 aliphatic carbocycles. The van der Waals surface area contributed by atoms with Gasteiger partial charge < -0.3 is 10.6 Å². The van der Waals surface area contributed by atoms with Gasteiger partial charge in [-0.05, 0) is 18.2 Å². The fourth-order valence-electron chi connectivity index (χ4n) is 2.26. The van der Waals surface area contributed by atoms with Gasteiger partial charge in [0.05, 0.1) is 0 Å². The van der Waals surface area contributed by atoms with E-state index in [2.05, 4.69) is 10.6 Å². The summed E-state index contributed by atoms with van der Waals surface area (Å²) < 4.78 is 0. The predicted molar refractivity (Wildman–Crippen MR) is 110 cm³/mol. The third-order valence-electron chi connectivity index (χ3n) is 3.45. The minimum atomic E-state index is 0.693. The van der Waals surface area contributed by atoms with Crippen molar-refractivity contribution in [3.8, 4) is 0 Å². The van der Waals surface area contributed by atoms with Crippen molar-refractivity contribution in [2.24, 2.45) is 0 Å². The summed E-state index contributed by atoms with van der Waals surface area (Å²) in [5.41, 5.74) is 3.82. The van der Waals surface area contributed by atoms with Crippen LogP contribution in [0.4, 0.5) is 11.4 Å². The van der Waals surface area contributed by atoms with Gasteiger partial charge in [0.25, 0.3) is 0 Å². The molecule has 2 N–H and O–H groups in total. The molecule has 0 spiro atoms. The molecule has 0 fully saturated rings. The lowest BCUT2D eigenvalue weighted by Crippen LogP contribution is -2.12. The third-order valence-corrected chi connectivity index (χ3v) is 4.13. The van der Waals surface area contributed by atoms with Gasteiger partial charge in [-0.3, -0.25) is 0 Å². The number of rotatable bonds is 4. The summed E-state index contributed by atoms with van der Waals surface area (Å²) in [6.07, 6.45) is 0. The third kappa shape index (κ3) is 4.25. The fourth-order valence-corrected chi connectivity index (χ4v) is 2.77. The first-order valence-electron chi connectivity index (χ1n) is 7.55. The average Bonchev–Trinajstić information content (AvgIpc) is 2.63. The Kier molecular flexibility index (Phi) is 5.31. The van der Waals surface area contributed by atoms with E-state index in [4.69, 9.17) is 24.4 Å². The molecule has 3 rings (SSSR count). The summed E-state index contributed by atoms with van der Waals surface area (Å²) >= 11 is 10.9. The Balaban J connectivity index is 1.70. The molecule has 0 radical (unpaired) electrons. The van der Waals surface area contributed by atoms with Crippen molar-refractivity contribution >= 4 is 45.8 Å². The summed E-state index contributed by atoms with van der Waals surface area (Å²) in [5.74, 6) is 0. The van der Waals surface area contributed by atoms with Crippen molar-refractivity contribution in [3.05, 3.63) is 96.1 Å². The van der Waals surface area contributed by atoms with E-state index in [1.807, 2.05) is 84.9 Å². The Labute approximate surface area is 152 Å². The van der Waals surface area contributed by atoms with E-state index in [1.165, 1.54) is 0 Å². The Morgan fingerprint density at radius 1 is 0.542 bits per heavy atom. The topological polar surface area (TPSA) is 24.1 Å². The highest BCUT2D eigenvalue weighted by atomic mass is 32.1. The number of benzene rings is 3. The van der Waals surface area contributed by atoms with Crippen LogP contribution in [-0.4, -0.2) is 9.98 Å². The lowest BCUT2D eigenvalue weighted by molar-refractivity contribution is 1.58. The van der Waals surface area contributed by atoms with Gasteiger partial charge in [-0.15, -0.1) is 0 Å². The molecule has 118 valence electrons. The van der Waals surface area contributed by atoms with Crippen LogP contribution >= 0.6 is 24.4 Å². The Bertz CT molecular complexity index is 777. The molecule has 3 aromatic rings. The van der Waals surface area contributed by atoms with E-state index in [-0.39, 0.29) is 0 Å². The number of nitrogens with one attached hydrogen (secondary N) is 2. The molecular formula is C20H16N2S2. The van der Waals surface area contributed by atoms with Gasteiger partial charge in [0.2, 0.25) is 0 Å². The molecule has 0 saturated carbocycles. The van der Waals surface area contributed by atoms with Crippen LogP contribution < -0.4 is 10.6 Å². The second-order valence-electron chi connectivity index (χ2n) is 5.22. The predicted octanol–water partition coefficient (Wildman–Crippen LogP) is 5.26. The number of hydrogen-bond acceptors (Lipinski definition) is 2. The van der Waals surface area contributed by atoms with Crippen LogP contribution in [0.1, 0.15) is 11.1 Å². The summed E-state index contributed by atoms with van der Waals surface area (Å²) in [6.45, 7) is 0. The molecule has 0 atom stereocenters. The van der Waals surface area contributed by atoms with E-state index in [0.717, 1.165) is 22.5 Å². The largest absolute Gasteiger partial charge is 0.346 e. The van der Waals surface area contributed by atoms with Crippen molar-refractivity contribution < 1.29 is 0 Å². The van der Waals surface area contributed by atoms with Gasteiger partial charge in [0.1, 0.15) is 9.98 Å². The maximum Gasteiger partial charge on any atom is 0.110 e. The van der Waals surface area contributed by atoms with Gasteiger partial charge in [0, 0.05) is 22.5 Å². The molecule has 0 amide bonds. The molecule has 0 aliphatic heterocycles. The summed E-state index contributed by atoms with van der Waals surface area (Å²) in [5, 5.41) is 6.52. The standard InChI is InChI=1S/C20H16N2S2/c23-19(15-8-3-1-4-9-15)21-17-12-7-13-18(14-17)22-20(24)16-10-5-2-6-11-16/h1-14H,(H,21,23)(H,22,24). The summed E-state index contributed by atoms with van der Waals surface area (Å²) in [4.78, 5) is 1.39. The molecule has 0 bridgehead atoms.